The number of aryl methyl sites for hydroxylation is 1. The number of hydrogen-bond donors (Lipinski definition) is 1. The highest BCUT2D eigenvalue weighted by atomic mass is 35.5. The van der Waals surface area contributed by atoms with E-state index in [1.165, 1.54) is 30.8 Å². The standard InChI is InChI=1S/C21H14Cl3N5O2S/c1-10-3-14(15-7-18(24)26-9-17(15)31-2)16(8-25-10)19(30)27-21-29-28-20(32-21)11-4-12(22)6-13(23)5-11/h3-9H,1-2H3,(H,27,29,30). The van der Waals surface area contributed by atoms with Crippen LogP contribution in [0.1, 0.15) is 16.1 Å². The number of halogens is 3. The minimum absolute atomic E-state index is 0.274. The Morgan fingerprint density at radius 1 is 0.969 bits per heavy atom. The van der Waals surface area contributed by atoms with Gasteiger partial charge in [0.1, 0.15) is 15.9 Å². The molecule has 0 aliphatic heterocycles. The van der Waals surface area contributed by atoms with E-state index >= 15 is 0 Å². The van der Waals surface area contributed by atoms with Crippen molar-refractivity contribution in [2.75, 3.05) is 12.4 Å². The Morgan fingerprint density at radius 2 is 1.72 bits per heavy atom. The Kier molecular flexibility index (Phi) is 6.57. The molecule has 7 nitrogen and oxygen atoms in total. The van der Waals surface area contributed by atoms with E-state index < -0.39 is 5.91 Å². The van der Waals surface area contributed by atoms with Crippen molar-refractivity contribution in [3.8, 4) is 27.4 Å². The second kappa shape index (κ2) is 9.38. The van der Waals surface area contributed by atoms with Crippen LogP contribution in [0, 0.1) is 6.92 Å². The van der Waals surface area contributed by atoms with Gasteiger partial charge >= 0.3 is 0 Å². The van der Waals surface area contributed by atoms with E-state index in [-0.39, 0.29) is 5.15 Å². The smallest absolute Gasteiger partial charge is 0.259 e. The topological polar surface area (TPSA) is 89.9 Å². The first-order valence-corrected chi connectivity index (χ1v) is 11.1. The molecule has 0 aliphatic rings. The van der Waals surface area contributed by atoms with Crippen LogP contribution in [0.2, 0.25) is 15.2 Å². The number of nitrogens with zero attached hydrogens (tertiary/aromatic N) is 4. The molecule has 0 atom stereocenters. The Hall–Kier alpha value is -2.78. The van der Waals surface area contributed by atoms with Gasteiger partial charge in [0.2, 0.25) is 5.13 Å². The van der Waals surface area contributed by atoms with E-state index in [4.69, 9.17) is 39.5 Å². The number of amides is 1. The monoisotopic (exact) mass is 505 g/mol. The lowest BCUT2D eigenvalue weighted by Crippen LogP contribution is -2.14. The summed E-state index contributed by atoms with van der Waals surface area (Å²) in [6.45, 7) is 1.83. The summed E-state index contributed by atoms with van der Waals surface area (Å²) in [5.74, 6) is 0.0689. The lowest BCUT2D eigenvalue weighted by molar-refractivity contribution is 0.102. The van der Waals surface area contributed by atoms with E-state index in [0.29, 0.717) is 48.2 Å². The number of ether oxygens (including phenoxy) is 1. The van der Waals surface area contributed by atoms with Crippen LogP contribution in [0.25, 0.3) is 21.7 Å². The zero-order valence-electron chi connectivity index (χ0n) is 16.7. The zero-order chi connectivity index (χ0) is 22.8. The van der Waals surface area contributed by atoms with Crippen LogP contribution in [-0.4, -0.2) is 33.2 Å². The van der Waals surface area contributed by atoms with Gasteiger partial charge in [-0.1, -0.05) is 46.1 Å². The van der Waals surface area contributed by atoms with Crippen molar-refractivity contribution in [3.63, 3.8) is 0 Å². The summed E-state index contributed by atoms with van der Waals surface area (Å²) >= 11 is 19.4. The third-order valence-corrected chi connectivity index (χ3v) is 5.92. The van der Waals surface area contributed by atoms with Crippen LogP contribution >= 0.6 is 46.1 Å². The molecule has 0 saturated heterocycles. The van der Waals surface area contributed by atoms with Crippen LogP contribution in [0.15, 0.2) is 42.7 Å². The fourth-order valence-corrected chi connectivity index (χ4v) is 4.40. The predicted octanol–water partition coefficient (Wildman–Crippen LogP) is 6.19. The molecular formula is C21H14Cl3N5O2S. The van der Waals surface area contributed by atoms with E-state index in [0.717, 1.165) is 5.69 Å². The molecule has 0 bridgehead atoms. The number of carbonyl (C=O) groups excluding carboxylic acids is 1. The SMILES string of the molecule is COc1cnc(Cl)cc1-c1cc(C)ncc1C(=O)Nc1nnc(-c2cc(Cl)cc(Cl)c2)s1. The maximum Gasteiger partial charge on any atom is 0.259 e. The van der Waals surface area contributed by atoms with Crippen LogP contribution in [0.4, 0.5) is 5.13 Å². The molecule has 1 aromatic carbocycles. The van der Waals surface area contributed by atoms with Gasteiger partial charge in [-0.15, -0.1) is 10.2 Å². The average Bonchev–Trinajstić information content (AvgIpc) is 3.21. The minimum Gasteiger partial charge on any atom is -0.494 e. The molecule has 0 fully saturated rings. The number of benzene rings is 1. The Bertz CT molecular complexity index is 1310. The first kappa shape index (κ1) is 22.4. The molecule has 0 unspecified atom stereocenters. The van der Waals surface area contributed by atoms with E-state index in [2.05, 4.69) is 25.5 Å². The van der Waals surface area contributed by atoms with Gasteiger partial charge in [-0.25, -0.2) is 4.98 Å². The molecule has 0 spiro atoms. The third-order valence-electron chi connectivity index (χ3n) is 4.38. The lowest BCUT2D eigenvalue weighted by atomic mass is 10.0. The van der Waals surface area contributed by atoms with Gasteiger partial charge in [0.25, 0.3) is 5.91 Å². The summed E-state index contributed by atoms with van der Waals surface area (Å²) in [5, 5.41) is 13.1. The molecule has 4 rings (SSSR count). The van der Waals surface area contributed by atoms with Gasteiger partial charge in [-0.2, -0.15) is 0 Å². The number of nitrogens with one attached hydrogen (secondary N) is 1. The van der Waals surface area contributed by atoms with Crippen LogP contribution in [0.5, 0.6) is 5.75 Å². The quantitative estimate of drug-likeness (QED) is 0.325. The largest absolute Gasteiger partial charge is 0.494 e. The Morgan fingerprint density at radius 3 is 2.44 bits per heavy atom. The van der Waals surface area contributed by atoms with Crippen molar-refractivity contribution in [1.82, 2.24) is 20.2 Å². The molecule has 3 heterocycles. The fraction of sp³-hybridized carbons (Fsp3) is 0.0952. The highest BCUT2D eigenvalue weighted by Gasteiger charge is 2.19. The van der Waals surface area contributed by atoms with Crippen molar-refractivity contribution in [1.29, 1.82) is 0 Å². The number of anilines is 1. The summed E-state index contributed by atoms with van der Waals surface area (Å²) < 4.78 is 5.40. The fourth-order valence-electron chi connectivity index (χ4n) is 2.99. The molecule has 32 heavy (non-hydrogen) atoms. The number of hydrogen-bond acceptors (Lipinski definition) is 7. The van der Waals surface area contributed by atoms with Crippen molar-refractivity contribution >= 4 is 57.2 Å². The molecular weight excluding hydrogens is 493 g/mol. The molecule has 11 heteroatoms. The first-order chi connectivity index (χ1) is 15.3. The summed E-state index contributed by atoms with van der Waals surface area (Å²) in [6.07, 6.45) is 2.99. The minimum atomic E-state index is -0.408. The number of rotatable bonds is 5. The van der Waals surface area contributed by atoms with Gasteiger partial charge in [-0.05, 0) is 37.3 Å². The van der Waals surface area contributed by atoms with Crippen LogP contribution in [-0.2, 0) is 0 Å². The van der Waals surface area contributed by atoms with E-state index in [1.807, 2.05) is 6.92 Å². The van der Waals surface area contributed by atoms with Crippen molar-refractivity contribution in [2.45, 2.75) is 6.92 Å². The highest BCUT2D eigenvalue weighted by molar-refractivity contribution is 7.18. The first-order valence-electron chi connectivity index (χ1n) is 9.12. The molecule has 3 aromatic heterocycles. The van der Waals surface area contributed by atoms with Crippen molar-refractivity contribution in [3.05, 3.63) is 69.2 Å². The van der Waals surface area contributed by atoms with Gasteiger partial charge in [0.15, 0.2) is 0 Å². The van der Waals surface area contributed by atoms with Gasteiger partial charge in [-0.3, -0.25) is 15.1 Å². The summed E-state index contributed by atoms with van der Waals surface area (Å²) in [5.41, 5.74) is 2.97. The normalized spacial score (nSPS) is 10.8. The van der Waals surface area contributed by atoms with Gasteiger partial charge in [0, 0.05) is 38.6 Å². The maximum atomic E-state index is 13.1. The Labute approximate surface area is 202 Å². The number of pyridine rings is 2. The zero-order valence-corrected chi connectivity index (χ0v) is 19.8. The molecule has 1 N–H and O–H groups in total. The average molecular weight is 507 g/mol. The number of methoxy groups -OCH3 is 1. The van der Waals surface area contributed by atoms with E-state index in [1.54, 1.807) is 30.3 Å². The van der Waals surface area contributed by atoms with Gasteiger partial charge in [0.05, 0.1) is 18.9 Å². The summed E-state index contributed by atoms with van der Waals surface area (Å²) in [6, 6.07) is 8.49. The van der Waals surface area contributed by atoms with Gasteiger partial charge < -0.3 is 4.74 Å². The third kappa shape index (κ3) is 4.83. The predicted molar refractivity (Wildman–Crippen MR) is 127 cm³/mol. The van der Waals surface area contributed by atoms with Crippen LogP contribution in [0.3, 0.4) is 0 Å². The Balaban J connectivity index is 1.67. The van der Waals surface area contributed by atoms with Crippen LogP contribution < -0.4 is 10.1 Å². The van der Waals surface area contributed by atoms with E-state index in [9.17, 15) is 4.79 Å². The van der Waals surface area contributed by atoms with Crippen molar-refractivity contribution in [2.24, 2.45) is 0 Å². The lowest BCUT2D eigenvalue weighted by Gasteiger charge is -2.13. The molecule has 0 radical (unpaired) electrons. The molecule has 162 valence electrons. The number of aromatic nitrogens is 4. The van der Waals surface area contributed by atoms with Crippen molar-refractivity contribution < 1.29 is 9.53 Å². The number of carbonyl (C=O) groups is 1. The molecule has 4 aromatic rings. The highest BCUT2D eigenvalue weighted by Crippen LogP contribution is 2.35. The molecule has 1 amide bonds. The molecule has 0 aliphatic carbocycles. The maximum absolute atomic E-state index is 13.1. The summed E-state index contributed by atoms with van der Waals surface area (Å²) in [7, 11) is 1.52. The molecule has 0 saturated carbocycles. The second-order valence-electron chi connectivity index (χ2n) is 6.60. The summed E-state index contributed by atoms with van der Waals surface area (Å²) in [4.78, 5) is 21.4. The second-order valence-corrected chi connectivity index (χ2v) is 8.84.